The maximum Gasteiger partial charge on any atom is 0.253 e. The fourth-order valence-corrected chi connectivity index (χ4v) is 1.68. The van der Waals surface area contributed by atoms with E-state index in [0.717, 1.165) is 0 Å². The zero-order valence-electron chi connectivity index (χ0n) is 9.26. The quantitative estimate of drug-likeness (QED) is 0.723. The Morgan fingerprint density at radius 2 is 1.65 bits per heavy atom. The van der Waals surface area contributed by atoms with Crippen molar-refractivity contribution in [1.82, 2.24) is 10.2 Å². The highest BCUT2D eigenvalue weighted by Crippen LogP contribution is 2.03. The van der Waals surface area contributed by atoms with Crippen LogP contribution in [0.25, 0.3) is 0 Å². The molecule has 0 saturated heterocycles. The highest BCUT2D eigenvalue weighted by molar-refractivity contribution is 6.53. The molecule has 0 aromatic rings. The van der Waals surface area contributed by atoms with Crippen LogP contribution in [0.5, 0.6) is 0 Å². The molecule has 0 aliphatic carbocycles. The maximum absolute atomic E-state index is 11.9. The molecule has 0 radical (unpaired) electrons. The van der Waals surface area contributed by atoms with Gasteiger partial charge in [0.2, 0.25) is 5.91 Å². The van der Waals surface area contributed by atoms with Crippen LogP contribution in [-0.4, -0.2) is 52.4 Å². The van der Waals surface area contributed by atoms with Crippen molar-refractivity contribution < 1.29 is 9.59 Å². The first-order valence-electron chi connectivity index (χ1n) is 4.93. The van der Waals surface area contributed by atoms with Crippen LogP contribution >= 0.6 is 46.4 Å². The summed E-state index contributed by atoms with van der Waals surface area (Å²) in [4.78, 5) is 23.4. The molecule has 2 amide bonds. The lowest BCUT2D eigenvalue weighted by Gasteiger charge is -2.24. The van der Waals surface area contributed by atoms with Gasteiger partial charge in [-0.15, -0.1) is 23.2 Å². The van der Waals surface area contributed by atoms with E-state index in [-0.39, 0.29) is 5.91 Å². The molecule has 1 N–H and O–H groups in total. The van der Waals surface area contributed by atoms with Crippen molar-refractivity contribution in [2.24, 2.45) is 0 Å². The third kappa shape index (κ3) is 6.55. The average molecular weight is 324 g/mol. The average Bonchev–Trinajstić information content (AvgIpc) is 2.27. The van der Waals surface area contributed by atoms with Gasteiger partial charge in [-0.05, 0) is 6.92 Å². The second-order valence-electron chi connectivity index (χ2n) is 3.23. The lowest BCUT2D eigenvalue weighted by atomic mass is 10.3. The van der Waals surface area contributed by atoms with Crippen molar-refractivity contribution in [2.45, 2.75) is 17.8 Å². The highest BCUT2D eigenvalue weighted by atomic mass is 35.5. The number of carbonyl (C=O) groups is 2. The second-order valence-corrected chi connectivity index (χ2v) is 5.09. The molecule has 0 unspecified atom stereocenters. The first-order chi connectivity index (χ1) is 7.93. The van der Waals surface area contributed by atoms with Gasteiger partial charge in [0.25, 0.3) is 5.91 Å². The lowest BCUT2D eigenvalue weighted by molar-refractivity contribution is -0.135. The van der Waals surface area contributed by atoms with Gasteiger partial charge >= 0.3 is 0 Å². The largest absolute Gasteiger partial charge is 0.342 e. The van der Waals surface area contributed by atoms with E-state index in [1.54, 1.807) is 6.92 Å². The molecule has 0 spiro atoms. The van der Waals surface area contributed by atoms with E-state index in [0.29, 0.717) is 24.8 Å². The molecule has 0 aromatic heterocycles. The van der Waals surface area contributed by atoms with Gasteiger partial charge in [0.05, 0.1) is 0 Å². The van der Waals surface area contributed by atoms with Gasteiger partial charge in [0.15, 0.2) is 4.84 Å². The number of alkyl halides is 4. The first kappa shape index (κ1) is 17.1. The SMILES string of the molecule is C[C@H](NC(=O)C(Cl)Cl)C(=O)N(CCCl)CCCl. The van der Waals surface area contributed by atoms with Crippen LogP contribution < -0.4 is 5.32 Å². The van der Waals surface area contributed by atoms with Gasteiger partial charge in [-0.25, -0.2) is 0 Å². The van der Waals surface area contributed by atoms with Crippen LogP contribution in [0.3, 0.4) is 0 Å². The molecular weight excluding hydrogens is 310 g/mol. The number of nitrogens with zero attached hydrogens (tertiary/aromatic N) is 1. The minimum absolute atomic E-state index is 0.270. The predicted molar refractivity (Wildman–Crippen MR) is 71.1 cm³/mol. The number of hydrogen-bond donors (Lipinski definition) is 1. The van der Waals surface area contributed by atoms with Gasteiger partial charge in [-0.2, -0.15) is 0 Å². The minimum atomic E-state index is -1.19. The van der Waals surface area contributed by atoms with Crippen molar-refractivity contribution in [1.29, 1.82) is 0 Å². The molecule has 1 atom stereocenters. The maximum atomic E-state index is 11.9. The van der Waals surface area contributed by atoms with Crippen molar-refractivity contribution >= 4 is 58.2 Å². The van der Waals surface area contributed by atoms with Crippen molar-refractivity contribution in [3.8, 4) is 0 Å². The molecule has 0 aromatic carbocycles. The Bertz CT molecular complexity index is 257. The van der Waals surface area contributed by atoms with E-state index in [2.05, 4.69) is 5.32 Å². The van der Waals surface area contributed by atoms with Crippen LogP contribution in [-0.2, 0) is 9.59 Å². The number of nitrogens with one attached hydrogen (secondary N) is 1. The molecule has 0 aliphatic heterocycles. The second kappa shape index (κ2) is 9.09. The molecule has 4 nitrogen and oxygen atoms in total. The number of halogens is 4. The predicted octanol–water partition coefficient (Wildman–Crippen LogP) is 1.60. The smallest absolute Gasteiger partial charge is 0.253 e. The monoisotopic (exact) mass is 322 g/mol. The summed E-state index contributed by atoms with van der Waals surface area (Å²) >= 11 is 21.9. The topological polar surface area (TPSA) is 49.4 Å². The summed E-state index contributed by atoms with van der Waals surface area (Å²) < 4.78 is 0. The van der Waals surface area contributed by atoms with Gasteiger partial charge < -0.3 is 10.2 Å². The number of rotatable bonds is 7. The molecule has 8 heteroatoms. The molecule has 0 heterocycles. The third-order valence-corrected chi connectivity index (χ3v) is 2.68. The van der Waals surface area contributed by atoms with E-state index in [1.807, 2.05) is 0 Å². The van der Waals surface area contributed by atoms with Gasteiger partial charge in [0, 0.05) is 24.8 Å². The molecule has 17 heavy (non-hydrogen) atoms. The lowest BCUT2D eigenvalue weighted by Crippen LogP contribution is -2.49. The highest BCUT2D eigenvalue weighted by Gasteiger charge is 2.23. The zero-order valence-corrected chi connectivity index (χ0v) is 12.3. The van der Waals surface area contributed by atoms with E-state index >= 15 is 0 Å². The van der Waals surface area contributed by atoms with Crippen LogP contribution in [0.15, 0.2) is 0 Å². The van der Waals surface area contributed by atoms with Crippen LogP contribution in [0, 0.1) is 0 Å². The Hall–Kier alpha value is 0.1000. The Kier molecular flexibility index (Phi) is 9.14. The standard InChI is InChI=1S/C9H14Cl4N2O2/c1-6(14-8(16)7(12)13)9(17)15(4-2-10)5-3-11/h6-7H,2-5H2,1H3,(H,14,16)/t6-/m0/s1. The summed E-state index contributed by atoms with van der Waals surface area (Å²) in [6.45, 7) is 2.29. The molecule has 0 saturated carbocycles. The van der Waals surface area contributed by atoms with Crippen LogP contribution in [0.1, 0.15) is 6.92 Å². The number of carbonyl (C=O) groups excluding carboxylic acids is 2. The van der Waals surface area contributed by atoms with Crippen molar-refractivity contribution in [3.05, 3.63) is 0 Å². The summed E-state index contributed by atoms with van der Waals surface area (Å²) in [7, 11) is 0. The summed E-state index contributed by atoms with van der Waals surface area (Å²) in [6.07, 6.45) is 0. The fourth-order valence-electron chi connectivity index (χ4n) is 1.15. The normalized spacial score (nSPS) is 12.4. The Morgan fingerprint density at radius 3 is 2.00 bits per heavy atom. The fraction of sp³-hybridized carbons (Fsp3) is 0.778. The summed E-state index contributed by atoms with van der Waals surface area (Å²) in [5.41, 5.74) is 0. The Labute approximate surface area is 121 Å². The molecular formula is C9H14Cl4N2O2. The van der Waals surface area contributed by atoms with Gasteiger partial charge in [-0.1, -0.05) is 23.2 Å². The molecule has 100 valence electrons. The first-order valence-corrected chi connectivity index (χ1v) is 6.87. The van der Waals surface area contributed by atoms with E-state index < -0.39 is 16.8 Å². The van der Waals surface area contributed by atoms with Gasteiger partial charge in [-0.3, -0.25) is 9.59 Å². The molecule has 0 rings (SSSR count). The van der Waals surface area contributed by atoms with Crippen molar-refractivity contribution in [2.75, 3.05) is 24.8 Å². The summed E-state index contributed by atoms with van der Waals surface area (Å²) in [6, 6.07) is -0.714. The van der Waals surface area contributed by atoms with Gasteiger partial charge in [0.1, 0.15) is 6.04 Å². The minimum Gasteiger partial charge on any atom is -0.342 e. The van der Waals surface area contributed by atoms with E-state index in [9.17, 15) is 9.59 Å². The summed E-state index contributed by atoms with van der Waals surface area (Å²) in [5.74, 6) is -0.270. The number of hydrogen-bond acceptors (Lipinski definition) is 2. The Balaban J connectivity index is 4.38. The summed E-state index contributed by atoms with van der Waals surface area (Å²) in [5, 5.41) is 2.40. The molecule has 0 aliphatic rings. The molecule has 0 bridgehead atoms. The number of amides is 2. The van der Waals surface area contributed by atoms with E-state index in [4.69, 9.17) is 46.4 Å². The Morgan fingerprint density at radius 1 is 1.18 bits per heavy atom. The van der Waals surface area contributed by atoms with Crippen LogP contribution in [0.2, 0.25) is 0 Å². The van der Waals surface area contributed by atoms with Crippen molar-refractivity contribution in [3.63, 3.8) is 0 Å². The molecule has 0 fully saturated rings. The zero-order chi connectivity index (χ0) is 13.4. The van der Waals surface area contributed by atoms with E-state index in [1.165, 1.54) is 4.90 Å². The van der Waals surface area contributed by atoms with Crippen LogP contribution in [0.4, 0.5) is 0 Å². The third-order valence-electron chi connectivity index (χ3n) is 1.95.